The van der Waals surface area contributed by atoms with Crippen molar-refractivity contribution in [2.24, 2.45) is 0 Å². The predicted octanol–water partition coefficient (Wildman–Crippen LogP) is 5.00. The molecule has 0 atom stereocenters. The quantitative estimate of drug-likeness (QED) is 0.477. The first-order chi connectivity index (χ1) is 14.4. The molecule has 0 saturated carbocycles. The van der Waals surface area contributed by atoms with Gasteiger partial charge in [-0.1, -0.05) is 17.7 Å². The fourth-order valence-corrected chi connectivity index (χ4v) is 4.52. The summed E-state index contributed by atoms with van der Waals surface area (Å²) in [6.45, 7) is 6.06. The zero-order valence-corrected chi connectivity index (χ0v) is 17.7. The summed E-state index contributed by atoms with van der Waals surface area (Å²) in [5, 5.41) is 6.60. The van der Waals surface area contributed by atoms with Gasteiger partial charge in [0.2, 0.25) is 0 Å². The standard InChI is InChI=1S/C23H21N3O3S/c1-13-6-4-7-16(10-13)21(27)26-19-18-14(2)11-15(3)25-23(18)30-20(19)22(28)24-12-17-8-5-9-29-17/h4-11H,12H2,1-3H3,(H,24,28)(H,26,27). The van der Waals surface area contributed by atoms with Crippen LogP contribution in [0.1, 0.15) is 42.6 Å². The number of fused-ring (bicyclic) bond motifs is 1. The maximum atomic E-state index is 13.0. The number of hydrogen-bond acceptors (Lipinski definition) is 5. The van der Waals surface area contributed by atoms with Crippen LogP contribution in [0.15, 0.2) is 53.1 Å². The van der Waals surface area contributed by atoms with Crippen molar-refractivity contribution >= 4 is 39.1 Å². The number of benzene rings is 1. The van der Waals surface area contributed by atoms with Crippen LogP contribution in [0.4, 0.5) is 5.69 Å². The molecule has 7 heteroatoms. The first-order valence-electron chi connectivity index (χ1n) is 9.51. The second-order valence-corrected chi connectivity index (χ2v) is 8.15. The van der Waals surface area contributed by atoms with E-state index in [2.05, 4.69) is 15.6 Å². The molecule has 0 saturated heterocycles. The lowest BCUT2D eigenvalue weighted by Crippen LogP contribution is -2.23. The minimum atomic E-state index is -0.286. The molecular formula is C23H21N3O3S. The van der Waals surface area contributed by atoms with Crippen molar-refractivity contribution in [2.45, 2.75) is 27.3 Å². The summed E-state index contributed by atoms with van der Waals surface area (Å²) in [6.07, 6.45) is 1.56. The van der Waals surface area contributed by atoms with Gasteiger partial charge in [0.25, 0.3) is 11.8 Å². The van der Waals surface area contributed by atoms with Gasteiger partial charge in [-0.2, -0.15) is 0 Å². The third-order valence-corrected chi connectivity index (χ3v) is 5.80. The molecule has 0 aliphatic rings. The second-order valence-electron chi connectivity index (χ2n) is 7.15. The fraction of sp³-hybridized carbons (Fsp3) is 0.174. The van der Waals surface area contributed by atoms with Crippen molar-refractivity contribution in [1.29, 1.82) is 0 Å². The van der Waals surface area contributed by atoms with E-state index >= 15 is 0 Å². The van der Waals surface area contributed by atoms with Crippen LogP contribution in [-0.4, -0.2) is 16.8 Å². The topological polar surface area (TPSA) is 84.2 Å². The van der Waals surface area contributed by atoms with E-state index in [4.69, 9.17) is 4.42 Å². The Morgan fingerprint density at radius 3 is 2.63 bits per heavy atom. The average Bonchev–Trinajstić information content (AvgIpc) is 3.34. The average molecular weight is 420 g/mol. The lowest BCUT2D eigenvalue weighted by atomic mass is 10.1. The summed E-state index contributed by atoms with van der Waals surface area (Å²) >= 11 is 1.27. The number of pyridine rings is 1. The van der Waals surface area contributed by atoms with Crippen molar-refractivity contribution in [3.05, 3.63) is 81.7 Å². The highest BCUT2D eigenvalue weighted by Crippen LogP contribution is 2.37. The molecule has 3 heterocycles. The number of amides is 2. The van der Waals surface area contributed by atoms with Crippen LogP contribution in [0.2, 0.25) is 0 Å². The molecule has 4 rings (SSSR count). The fourth-order valence-electron chi connectivity index (χ4n) is 3.35. The van der Waals surface area contributed by atoms with Gasteiger partial charge in [0.15, 0.2) is 0 Å². The highest BCUT2D eigenvalue weighted by atomic mass is 32.1. The first kappa shape index (κ1) is 19.8. The number of carbonyl (C=O) groups is 2. The van der Waals surface area contributed by atoms with E-state index < -0.39 is 0 Å². The Labute approximate surface area is 177 Å². The van der Waals surface area contributed by atoms with Crippen LogP contribution in [0.5, 0.6) is 0 Å². The van der Waals surface area contributed by atoms with Crippen molar-refractivity contribution < 1.29 is 14.0 Å². The molecule has 0 aliphatic carbocycles. The van der Waals surface area contributed by atoms with E-state index in [-0.39, 0.29) is 18.4 Å². The zero-order valence-electron chi connectivity index (χ0n) is 16.9. The number of rotatable bonds is 5. The smallest absolute Gasteiger partial charge is 0.263 e. The van der Waals surface area contributed by atoms with E-state index in [0.717, 1.165) is 27.0 Å². The monoisotopic (exact) mass is 419 g/mol. The van der Waals surface area contributed by atoms with Crippen LogP contribution in [0, 0.1) is 20.8 Å². The van der Waals surface area contributed by atoms with Gasteiger partial charge >= 0.3 is 0 Å². The largest absolute Gasteiger partial charge is 0.467 e. The Kier molecular flexibility index (Phi) is 5.37. The summed E-state index contributed by atoms with van der Waals surface area (Å²) in [5.74, 6) is 0.101. The molecule has 3 aromatic heterocycles. The molecule has 0 spiro atoms. The normalized spacial score (nSPS) is 10.9. The van der Waals surface area contributed by atoms with Gasteiger partial charge < -0.3 is 15.1 Å². The molecule has 0 unspecified atom stereocenters. The molecule has 0 bridgehead atoms. The van der Waals surface area contributed by atoms with Crippen LogP contribution in [0.3, 0.4) is 0 Å². The summed E-state index contributed by atoms with van der Waals surface area (Å²) in [6, 6.07) is 12.8. The van der Waals surface area contributed by atoms with Crippen molar-refractivity contribution in [2.75, 3.05) is 5.32 Å². The number of thiophene rings is 1. The lowest BCUT2D eigenvalue weighted by Gasteiger charge is -2.09. The SMILES string of the molecule is Cc1cccc(C(=O)Nc2c(C(=O)NCc3ccco3)sc3nc(C)cc(C)c23)c1. The number of aromatic nitrogens is 1. The van der Waals surface area contributed by atoms with Gasteiger partial charge in [-0.25, -0.2) is 4.98 Å². The zero-order chi connectivity index (χ0) is 21.3. The summed E-state index contributed by atoms with van der Waals surface area (Å²) in [5.41, 5.74) is 3.83. The van der Waals surface area contributed by atoms with Crippen molar-refractivity contribution in [1.82, 2.24) is 10.3 Å². The van der Waals surface area contributed by atoms with Gasteiger partial charge in [0.1, 0.15) is 15.5 Å². The number of anilines is 1. The third kappa shape index (κ3) is 3.97. The molecule has 0 fully saturated rings. The van der Waals surface area contributed by atoms with Crippen LogP contribution in [-0.2, 0) is 6.54 Å². The van der Waals surface area contributed by atoms with E-state index in [9.17, 15) is 9.59 Å². The highest BCUT2D eigenvalue weighted by molar-refractivity contribution is 7.21. The van der Waals surface area contributed by atoms with Gasteiger partial charge in [-0.05, 0) is 56.7 Å². The Hall–Kier alpha value is -3.45. The lowest BCUT2D eigenvalue weighted by molar-refractivity contribution is 0.0953. The van der Waals surface area contributed by atoms with E-state index in [0.29, 0.717) is 21.9 Å². The molecule has 6 nitrogen and oxygen atoms in total. The van der Waals surface area contributed by atoms with Crippen LogP contribution in [0.25, 0.3) is 10.2 Å². The number of aryl methyl sites for hydroxylation is 3. The van der Waals surface area contributed by atoms with E-state index in [1.807, 2.05) is 45.0 Å². The molecular weight excluding hydrogens is 398 g/mol. The predicted molar refractivity (Wildman–Crippen MR) is 118 cm³/mol. The van der Waals surface area contributed by atoms with Crippen molar-refractivity contribution in [3.8, 4) is 0 Å². The Balaban J connectivity index is 1.72. The number of nitrogens with one attached hydrogen (secondary N) is 2. The third-order valence-electron chi connectivity index (χ3n) is 4.72. The molecule has 152 valence electrons. The van der Waals surface area contributed by atoms with E-state index in [1.54, 1.807) is 24.5 Å². The maximum absolute atomic E-state index is 13.0. The van der Waals surface area contributed by atoms with Gasteiger partial charge in [0, 0.05) is 16.6 Å². The van der Waals surface area contributed by atoms with E-state index in [1.165, 1.54) is 11.3 Å². The minimum absolute atomic E-state index is 0.261. The maximum Gasteiger partial charge on any atom is 0.263 e. The number of carbonyl (C=O) groups excluding carboxylic acids is 2. The molecule has 4 aromatic rings. The molecule has 1 aromatic carbocycles. The number of furan rings is 1. The number of nitrogens with zero attached hydrogens (tertiary/aromatic N) is 1. The number of hydrogen-bond donors (Lipinski definition) is 2. The molecule has 2 amide bonds. The second kappa shape index (κ2) is 8.12. The van der Waals surface area contributed by atoms with Gasteiger partial charge in [0.05, 0.1) is 18.5 Å². The van der Waals surface area contributed by atoms with Crippen LogP contribution >= 0.6 is 11.3 Å². The summed E-state index contributed by atoms with van der Waals surface area (Å²) in [7, 11) is 0. The molecule has 0 radical (unpaired) electrons. The molecule has 0 aliphatic heterocycles. The van der Waals surface area contributed by atoms with Crippen LogP contribution < -0.4 is 10.6 Å². The van der Waals surface area contributed by atoms with Gasteiger partial charge in [-0.3, -0.25) is 9.59 Å². The summed E-state index contributed by atoms with van der Waals surface area (Å²) < 4.78 is 5.28. The highest BCUT2D eigenvalue weighted by Gasteiger charge is 2.23. The van der Waals surface area contributed by atoms with Crippen molar-refractivity contribution in [3.63, 3.8) is 0 Å². The first-order valence-corrected chi connectivity index (χ1v) is 10.3. The molecule has 2 N–H and O–H groups in total. The Morgan fingerprint density at radius 1 is 1.07 bits per heavy atom. The Morgan fingerprint density at radius 2 is 1.90 bits per heavy atom. The van der Waals surface area contributed by atoms with Gasteiger partial charge in [-0.15, -0.1) is 11.3 Å². The Bertz CT molecular complexity index is 1240. The molecule has 30 heavy (non-hydrogen) atoms. The minimum Gasteiger partial charge on any atom is -0.467 e. The summed E-state index contributed by atoms with van der Waals surface area (Å²) in [4.78, 5) is 31.6.